The minimum atomic E-state index is -4.49. The lowest BCUT2D eigenvalue weighted by Gasteiger charge is -2.15. The topological polar surface area (TPSA) is 69.4 Å². The van der Waals surface area contributed by atoms with Gasteiger partial charge in [0.05, 0.1) is 17.6 Å². The lowest BCUT2D eigenvalue weighted by molar-refractivity contribution is -0.138. The summed E-state index contributed by atoms with van der Waals surface area (Å²) in [5, 5.41) is 5.11. The van der Waals surface area contributed by atoms with Crippen molar-refractivity contribution in [2.24, 2.45) is 5.14 Å². The van der Waals surface area contributed by atoms with Gasteiger partial charge in [0.1, 0.15) is 5.75 Å². The third kappa shape index (κ3) is 4.01. The zero-order chi connectivity index (χ0) is 19.8. The standard InChI is InChI=1S/C19H18F3NO3S/c1-26-18-11-13(7-10-17(18)19(20,21)22)16-4-2-3-15(16)12-5-8-14(9-6-12)27(23,24)25/h5-11H,2-4H2,1H3,(H2,23,24,25). The highest BCUT2D eigenvalue weighted by Gasteiger charge is 2.34. The monoisotopic (exact) mass is 397 g/mol. The Morgan fingerprint density at radius 1 is 0.963 bits per heavy atom. The fraction of sp³-hybridized carbons (Fsp3) is 0.263. The SMILES string of the molecule is COc1cc(C2=C(c3ccc(S(N)(=O)=O)cc3)CCC2)ccc1C(F)(F)F. The van der Waals surface area contributed by atoms with Crippen LogP contribution in [-0.2, 0) is 16.2 Å². The summed E-state index contributed by atoms with van der Waals surface area (Å²) in [5.41, 5.74) is 2.60. The quantitative estimate of drug-likeness (QED) is 0.828. The highest BCUT2D eigenvalue weighted by atomic mass is 32.2. The summed E-state index contributed by atoms with van der Waals surface area (Å²) in [5.74, 6) is -0.219. The Labute approximate surface area is 155 Å². The molecule has 27 heavy (non-hydrogen) atoms. The van der Waals surface area contributed by atoms with E-state index in [0.717, 1.165) is 42.0 Å². The van der Waals surface area contributed by atoms with Crippen molar-refractivity contribution in [3.8, 4) is 5.75 Å². The average molecular weight is 397 g/mol. The van der Waals surface area contributed by atoms with Crippen LogP contribution in [0.1, 0.15) is 36.0 Å². The van der Waals surface area contributed by atoms with Crippen molar-refractivity contribution in [3.05, 3.63) is 59.2 Å². The van der Waals surface area contributed by atoms with Gasteiger partial charge < -0.3 is 4.74 Å². The molecule has 0 bridgehead atoms. The second-order valence-corrected chi connectivity index (χ2v) is 7.85. The summed E-state index contributed by atoms with van der Waals surface area (Å²) < 4.78 is 66.9. The fourth-order valence-electron chi connectivity index (χ4n) is 3.34. The van der Waals surface area contributed by atoms with Crippen molar-refractivity contribution in [1.82, 2.24) is 0 Å². The Balaban J connectivity index is 2.05. The number of benzene rings is 2. The maximum atomic E-state index is 13.1. The number of alkyl halides is 3. The molecule has 8 heteroatoms. The molecular weight excluding hydrogens is 379 g/mol. The van der Waals surface area contributed by atoms with Crippen LogP contribution in [0.4, 0.5) is 13.2 Å². The van der Waals surface area contributed by atoms with Crippen molar-refractivity contribution in [2.45, 2.75) is 30.3 Å². The number of rotatable bonds is 4. The second kappa shape index (κ2) is 7.01. The van der Waals surface area contributed by atoms with Crippen LogP contribution in [0, 0.1) is 0 Å². The lowest BCUT2D eigenvalue weighted by Crippen LogP contribution is -2.11. The molecule has 2 aromatic rings. The van der Waals surface area contributed by atoms with Crippen LogP contribution in [0.15, 0.2) is 47.4 Å². The number of methoxy groups -OCH3 is 1. The molecule has 0 fully saturated rings. The summed E-state index contributed by atoms with van der Waals surface area (Å²) >= 11 is 0. The molecule has 0 aromatic heterocycles. The summed E-state index contributed by atoms with van der Waals surface area (Å²) in [7, 11) is -2.56. The minimum absolute atomic E-state index is 0.0163. The number of ether oxygens (including phenoxy) is 1. The molecule has 0 saturated carbocycles. The van der Waals surface area contributed by atoms with Crippen molar-refractivity contribution in [2.75, 3.05) is 7.11 Å². The van der Waals surface area contributed by atoms with Crippen molar-refractivity contribution in [3.63, 3.8) is 0 Å². The van der Waals surface area contributed by atoms with Crippen LogP contribution in [0.5, 0.6) is 5.75 Å². The molecule has 1 aliphatic rings. The maximum Gasteiger partial charge on any atom is 0.419 e. The molecule has 0 radical (unpaired) electrons. The van der Waals surface area contributed by atoms with Gasteiger partial charge in [-0.3, -0.25) is 0 Å². The molecule has 0 aliphatic heterocycles. The molecule has 0 heterocycles. The van der Waals surface area contributed by atoms with Crippen molar-refractivity contribution >= 4 is 21.2 Å². The third-order valence-electron chi connectivity index (χ3n) is 4.60. The van der Waals surface area contributed by atoms with Crippen LogP contribution in [0.25, 0.3) is 11.1 Å². The van der Waals surface area contributed by atoms with Gasteiger partial charge in [-0.05, 0) is 65.8 Å². The Hall–Kier alpha value is -2.32. The van der Waals surface area contributed by atoms with Gasteiger partial charge in [0, 0.05) is 0 Å². The van der Waals surface area contributed by atoms with E-state index >= 15 is 0 Å². The van der Waals surface area contributed by atoms with Crippen LogP contribution in [0.3, 0.4) is 0 Å². The number of primary sulfonamides is 1. The number of hydrogen-bond acceptors (Lipinski definition) is 3. The van der Waals surface area contributed by atoms with E-state index in [0.29, 0.717) is 5.56 Å². The number of halogens is 3. The molecule has 1 aliphatic carbocycles. The van der Waals surface area contributed by atoms with Gasteiger partial charge >= 0.3 is 6.18 Å². The molecule has 2 N–H and O–H groups in total. The zero-order valence-corrected chi connectivity index (χ0v) is 15.3. The Kier molecular flexibility index (Phi) is 5.05. The normalized spacial score (nSPS) is 15.3. The first-order valence-electron chi connectivity index (χ1n) is 8.22. The highest BCUT2D eigenvalue weighted by Crippen LogP contribution is 2.43. The molecule has 0 saturated heterocycles. The second-order valence-electron chi connectivity index (χ2n) is 6.29. The van der Waals surface area contributed by atoms with Gasteiger partial charge in [-0.1, -0.05) is 18.2 Å². The lowest BCUT2D eigenvalue weighted by atomic mass is 9.96. The fourth-order valence-corrected chi connectivity index (χ4v) is 3.86. The zero-order valence-electron chi connectivity index (χ0n) is 14.5. The summed E-state index contributed by atoms with van der Waals surface area (Å²) in [6, 6.07) is 10.1. The van der Waals surface area contributed by atoms with Crippen LogP contribution >= 0.6 is 0 Å². The van der Waals surface area contributed by atoms with E-state index in [9.17, 15) is 21.6 Å². The van der Waals surface area contributed by atoms with Gasteiger partial charge in [-0.2, -0.15) is 13.2 Å². The molecule has 0 spiro atoms. The summed E-state index contributed by atoms with van der Waals surface area (Å²) in [4.78, 5) is 0.0163. The maximum absolute atomic E-state index is 13.1. The first-order valence-corrected chi connectivity index (χ1v) is 9.77. The van der Waals surface area contributed by atoms with Gasteiger partial charge in [0.2, 0.25) is 10.0 Å². The smallest absolute Gasteiger partial charge is 0.419 e. The van der Waals surface area contributed by atoms with Gasteiger partial charge in [-0.25, -0.2) is 13.6 Å². The van der Waals surface area contributed by atoms with E-state index < -0.39 is 21.8 Å². The molecule has 0 unspecified atom stereocenters. The van der Waals surface area contributed by atoms with Crippen LogP contribution in [-0.4, -0.2) is 15.5 Å². The van der Waals surface area contributed by atoms with Crippen LogP contribution in [0.2, 0.25) is 0 Å². The predicted octanol–water partition coefficient (Wildman–Crippen LogP) is 4.46. The van der Waals surface area contributed by atoms with Crippen LogP contribution < -0.4 is 9.88 Å². The number of hydrogen-bond donors (Lipinski definition) is 1. The first-order chi connectivity index (χ1) is 12.6. The largest absolute Gasteiger partial charge is 0.496 e. The van der Waals surface area contributed by atoms with Crippen molar-refractivity contribution < 1.29 is 26.3 Å². The first kappa shape index (κ1) is 19.4. The Morgan fingerprint density at radius 3 is 2.04 bits per heavy atom. The Bertz CT molecular complexity index is 994. The van der Waals surface area contributed by atoms with E-state index in [4.69, 9.17) is 9.88 Å². The van der Waals surface area contributed by atoms with E-state index in [-0.39, 0.29) is 10.6 Å². The summed E-state index contributed by atoms with van der Waals surface area (Å²) in [6.07, 6.45) is -2.14. The minimum Gasteiger partial charge on any atom is -0.496 e. The predicted molar refractivity (Wildman–Crippen MR) is 96.5 cm³/mol. The van der Waals surface area contributed by atoms with E-state index in [2.05, 4.69) is 0 Å². The van der Waals surface area contributed by atoms with Gasteiger partial charge in [0.25, 0.3) is 0 Å². The number of allylic oxidation sites excluding steroid dienone is 2. The molecule has 0 atom stereocenters. The van der Waals surface area contributed by atoms with E-state index in [1.165, 1.54) is 31.4 Å². The molecule has 2 aromatic carbocycles. The molecule has 4 nitrogen and oxygen atoms in total. The Morgan fingerprint density at radius 2 is 1.52 bits per heavy atom. The summed E-state index contributed by atoms with van der Waals surface area (Å²) in [6.45, 7) is 0. The van der Waals surface area contributed by atoms with Crippen molar-refractivity contribution in [1.29, 1.82) is 0 Å². The molecular formula is C19H18F3NO3S. The molecule has 3 rings (SSSR count). The molecule has 0 amide bonds. The molecule has 144 valence electrons. The van der Waals surface area contributed by atoms with Gasteiger partial charge in [-0.15, -0.1) is 0 Å². The highest BCUT2D eigenvalue weighted by molar-refractivity contribution is 7.89. The average Bonchev–Trinajstić information content (AvgIpc) is 3.09. The number of sulfonamides is 1. The third-order valence-corrected chi connectivity index (χ3v) is 5.53. The van der Waals surface area contributed by atoms with E-state index in [1.807, 2.05) is 0 Å². The van der Waals surface area contributed by atoms with Gasteiger partial charge in [0.15, 0.2) is 0 Å². The van der Waals surface area contributed by atoms with E-state index in [1.54, 1.807) is 12.1 Å². The number of nitrogens with two attached hydrogens (primary N) is 1.